The first-order valence-corrected chi connectivity index (χ1v) is 10.8. The van der Waals surface area contributed by atoms with Crippen LogP contribution in [0.15, 0.2) is 59.3 Å². The molecular weight excluding hydrogens is 396 g/mol. The summed E-state index contributed by atoms with van der Waals surface area (Å²) in [5, 5.41) is 7.66. The third-order valence-corrected chi connectivity index (χ3v) is 6.79. The molecule has 0 aliphatic heterocycles. The normalized spacial score (nSPS) is 10.7. The van der Waals surface area contributed by atoms with Crippen molar-refractivity contribution in [2.45, 2.75) is 6.42 Å². The van der Waals surface area contributed by atoms with Crippen LogP contribution in [0.3, 0.4) is 0 Å². The van der Waals surface area contributed by atoms with Crippen LogP contribution in [0.25, 0.3) is 20.3 Å². The van der Waals surface area contributed by atoms with Gasteiger partial charge in [0.15, 0.2) is 5.13 Å². The van der Waals surface area contributed by atoms with Gasteiger partial charge < -0.3 is 10.1 Å². The Hall–Kier alpha value is -2.48. The van der Waals surface area contributed by atoms with Gasteiger partial charge in [0.2, 0.25) is 5.91 Å². The van der Waals surface area contributed by atoms with E-state index in [-0.39, 0.29) is 5.91 Å². The number of ether oxygens (including phenoxy) is 1. The number of nitrogens with zero attached hydrogens (tertiary/aromatic N) is 1. The number of aromatic nitrogens is 1. The van der Waals surface area contributed by atoms with Crippen molar-refractivity contribution in [3.8, 4) is 26.1 Å². The Bertz CT molecular complexity index is 968. The first-order chi connectivity index (χ1) is 13.2. The van der Waals surface area contributed by atoms with Crippen molar-refractivity contribution in [1.82, 2.24) is 4.98 Å². The second kappa shape index (κ2) is 8.04. The summed E-state index contributed by atoms with van der Waals surface area (Å²) in [7, 11) is 1.63. The fraction of sp³-hybridized carbons (Fsp3) is 0.100. The largest absolute Gasteiger partial charge is 0.497 e. The minimum Gasteiger partial charge on any atom is -0.497 e. The molecule has 0 spiro atoms. The van der Waals surface area contributed by atoms with E-state index in [2.05, 4.69) is 22.8 Å². The molecule has 0 fully saturated rings. The molecule has 136 valence electrons. The van der Waals surface area contributed by atoms with Gasteiger partial charge in [-0.3, -0.25) is 4.79 Å². The van der Waals surface area contributed by atoms with Crippen LogP contribution in [0.1, 0.15) is 5.56 Å². The minimum absolute atomic E-state index is 0.0793. The monoisotopic (exact) mass is 412 g/mol. The van der Waals surface area contributed by atoms with E-state index in [1.54, 1.807) is 29.8 Å². The van der Waals surface area contributed by atoms with Crippen molar-refractivity contribution in [1.29, 1.82) is 0 Å². The fourth-order valence-electron chi connectivity index (χ4n) is 2.62. The average Bonchev–Trinajstić information content (AvgIpc) is 3.43. The van der Waals surface area contributed by atoms with Gasteiger partial charge in [-0.05, 0) is 40.6 Å². The van der Waals surface area contributed by atoms with Gasteiger partial charge in [-0.15, -0.1) is 22.7 Å². The predicted molar refractivity (Wildman–Crippen MR) is 114 cm³/mol. The van der Waals surface area contributed by atoms with Crippen molar-refractivity contribution in [3.63, 3.8) is 0 Å². The molecule has 27 heavy (non-hydrogen) atoms. The van der Waals surface area contributed by atoms with E-state index in [4.69, 9.17) is 9.72 Å². The van der Waals surface area contributed by atoms with Gasteiger partial charge >= 0.3 is 0 Å². The number of rotatable bonds is 6. The smallest absolute Gasteiger partial charge is 0.230 e. The van der Waals surface area contributed by atoms with Crippen LogP contribution in [0.2, 0.25) is 0 Å². The molecule has 0 saturated carbocycles. The van der Waals surface area contributed by atoms with E-state index in [0.717, 1.165) is 31.6 Å². The molecule has 1 aromatic carbocycles. The van der Waals surface area contributed by atoms with Gasteiger partial charge in [0.05, 0.1) is 23.3 Å². The molecule has 0 saturated heterocycles. The standard InChI is InChI=1S/C20H16N2O2S3/c1-24-14-8-6-13(7-9-14)12-17(23)21-20-22-18(15-4-2-10-25-15)19(27-20)16-5-3-11-26-16/h2-11H,12H2,1H3,(H,21,22,23). The van der Waals surface area contributed by atoms with Crippen LogP contribution < -0.4 is 10.1 Å². The molecule has 1 amide bonds. The Morgan fingerprint density at radius 2 is 1.74 bits per heavy atom. The van der Waals surface area contributed by atoms with Gasteiger partial charge in [0.25, 0.3) is 0 Å². The molecular formula is C20H16N2O2S3. The molecule has 4 aromatic rings. The number of methoxy groups -OCH3 is 1. The lowest BCUT2D eigenvalue weighted by atomic mass is 10.1. The molecule has 7 heteroatoms. The molecule has 3 heterocycles. The van der Waals surface area contributed by atoms with Crippen molar-refractivity contribution < 1.29 is 9.53 Å². The van der Waals surface area contributed by atoms with Gasteiger partial charge in [-0.25, -0.2) is 4.98 Å². The first kappa shape index (κ1) is 17.9. The molecule has 0 radical (unpaired) electrons. The number of nitrogens with one attached hydrogen (secondary N) is 1. The lowest BCUT2D eigenvalue weighted by Gasteiger charge is -2.03. The highest BCUT2D eigenvalue weighted by Gasteiger charge is 2.18. The van der Waals surface area contributed by atoms with Crippen LogP contribution in [0, 0.1) is 0 Å². The Labute approximate surface area is 169 Å². The van der Waals surface area contributed by atoms with E-state index in [1.807, 2.05) is 41.8 Å². The highest BCUT2D eigenvalue weighted by molar-refractivity contribution is 7.24. The predicted octanol–water partition coefficient (Wildman–Crippen LogP) is 5.79. The highest BCUT2D eigenvalue weighted by atomic mass is 32.1. The zero-order valence-electron chi connectivity index (χ0n) is 14.5. The quantitative estimate of drug-likeness (QED) is 0.436. The molecule has 4 nitrogen and oxygen atoms in total. The van der Waals surface area contributed by atoms with Crippen molar-refractivity contribution in [2.24, 2.45) is 0 Å². The van der Waals surface area contributed by atoms with E-state index >= 15 is 0 Å². The lowest BCUT2D eigenvalue weighted by Crippen LogP contribution is -2.14. The second-order valence-electron chi connectivity index (χ2n) is 5.72. The lowest BCUT2D eigenvalue weighted by molar-refractivity contribution is -0.115. The number of hydrogen-bond acceptors (Lipinski definition) is 6. The maximum absolute atomic E-state index is 12.5. The van der Waals surface area contributed by atoms with Gasteiger partial charge in [0.1, 0.15) is 11.4 Å². The number of thiophene rings is 2. The third-order valence-electron chi connectivity index (χ3n) is 3.90. The van der Waals surface area contributed by atoms with Crippen molar-refractivity contribution in [2.75, 3.05) is 12.4 Å². The fourth-order valence-corrected chi connectivity index (χ4v) is 5.26. The Kier molecular flexibility index (Phi) is 5.33. The van der Waals surface area contributed by atoms with Crippen LogP contribution in [0.5, 0.6) is 5.75 Å². The van der Waals surface area contributed by atoms with Gasteiger partial charge in [-0.1, -0.05) is 35.6 Å². The summed E-state index contributed by atoms with van der Waals surface area (Å²) in [6, 6.07) is 15.7. The number of amides is 1. The third kappa shape index (κ3) is 4.10. The SMILES string of the molecule is COc1ccc(CC(=O)Nc2nc(-c3cccs3)c(-c3cccs3)s2)cc1. The van der Waals surface area contributed by atoms with Crippen LogP contribution in [-0.4, -0.2) is 18.0 Å². The first-order valence-electron chi connectivity index (χ1n) is 8.24. The molecule has 0 aliphatic carbocycles. The zero-order valence-corrected chi connectivity index (χ0v) is 16.9. The molecule has 1 N–H and O–H groups in total. The maximum Gasteiger partial charge on any atom is 0.230 e. The molecule has 0 unspecified atom stereocenters. The van der Waals surface area contributed by atoms with E-state index in [1.165, 1.54) is 11.3 Å². The Morgan fingerprint density at radius 3 is 2.37 bits per heavy atom. The number of anilines is 1. The van der Waals surface area contributed by atoms with Crippen molar-refractivity contribution >= 4 is 45.0 Å². The molecule has 0 atom stereocenters. The number of carbonyl (C=O) groups is 1. The number of carbonyl (C=O) groups excluding carboxylic acids is 1. The molecule has 0 bridgehead atoms. The molecule has 3 aromatic heterocycles. The molecule has 0 aliphatic rings. The summed E-state index contributed by atoms with van der Waals surface area (Å²) in [6.45, 7) is 0. The van der Waals surface area contributed by atoms with Crippen molar-refractivity contribution in [3.05, 3.63) is 64.9 Å². The Morgan fingerprint density at radius 1 is 1.04 bits per heavy atom. The minimum atomic E-state index is -0.0793. The van der Waals surface area contributed by atoms with Crippen LogP contribution in [-0.2, 0) is 11.2 Å². The zero-order chi connectivity index (χ0) is 18.6. The van der Waals surface area contributed by atoms with Crippen LogP contribution >= 0.6 is 34.0 Å². The topological polar surface area (TPSA) is 51.2 Å². The maximum atomic E-state index is 12.5. The summed E-state index contributed by atoms with van der Waals surface area (Å²) >= 11 is 4.84. The van der Waals surface area contributed by atoms with Gasteiger partial charge in [-0.2, -0.15) is 0 Å². The molecule has 4 rings (SSSR count). The van der Waals surface area contributed by atoms with Crippen LogP contribution in [0.4, 0.5) is 5.13 Å². The average molecular weight is 413 g/mol. The van der Waals surface area contributed by atoms with E-state index in [9.17, 15) is 4.79 Å². The number of benzene rings is 1. The Balaban J connectivity index is 1.55. The summed E-state index contributed by atoms with van der Waals surface area (Å²) in [5.74, 6) is 0.699. The van der Waals surface area contributed by atoms with Gasteiger partial charge in [0, 0.05) is 4.88 Å². The second-order valence-corrected chi connectivity index (χ2v) is 8.62. The summed E-state index contributed by atoms with van der Waals surface area (Å²) in [4.78, 5) is 20.5. The van der Waals surface area contributed by atoms with E-state index in [0.29, 0.717) is 11.6 Å². The summed E-state index contributed by atoms with van der Waals surface area (Å²) in [6.07, 6.45) is 0.298. The number of thiazole rings is 1. The highest BCUT2D eigenvalue weighted by Crippen LogP contribution is 2.42. The summed E-state index contributed by atoms with van der Waals surface area (Å²) in [5.41, 5.74) is 1.86. The summed E-state index contributed by atoms with van der Waals surface area (Å²) < 4.78 is 5.15. The number of hydrogen-bond donors (Lipinski definition) is 1. The van der Waals surface area contributed by atoms with E-state index < -0.39 is 0 Å².